The molecule has 1 aromatic carbocycles. The van der Waals surface area contributed by atoms with E-state index >= 15 is 0 Å². The van der Waals surface area contributed by atoms with Gasteiger partial charge in [0.1, 0.15) is 5.82 Å². The van der Waals surface area contributed by atoms with E-state index in [0.29, 0.717) is 5.82 Å². The Bertz CT molecular complexity index is 562. The lowest BCUT2D eigenvalue weighted by Crippen LogP contribution is -2.11. The fraction of sp³-hybridized carbons (Fsp3) is 0.0909. The van der Waals surface area contributed by atoms with Crippen LogP contribution < -0.4 is 16.6 Å². The van der Waals surface area contributed by atoms with Gasteiger partial charge in [-0.1, -0.05) is 18.2 Å². The number of nitrogens with one attached hydrogen (secondary N) is 2. The number of anilines is 3. The molecule has 0 bridgehead atoms. The summed E-state index contributed by atoms with van der Waals surface area (Å²) in [6.45, 7) is 1.97. The van der Waals surface area contributed by atoms with E-state index < -0.39 is 0 Å². The van der Waals surface area contributed by atoms with Crippen molar-refractivity contribution in [2.24, 2.45) is 0 Å². The van der Waals surface area contributed by atoms with Crippen LogP contribution in [0.5, 0.6) is 0 Å². The van der Waals surface area contributed by atoms with E-state index in [1.807, 2.05) is 31.2 Å². The fourth-order valence-corrected chi connectivity index (χ4v) is 1.39. The van der Waals surface area contributed by atoms with Crippen molar-refractivity contribution >= 4 is 17.5 Å². The summed E-state index contributed by atoms with van der Waals surface area (Å²) in [5, 5.41) is 3.04. The number of benzene rings is 1. The summed E-state index contributed by atoms with van der Waals surface area (Å²) >= 11 is 0. The quantitative estimate of drug-likeness (QED) is 0.708. The Kier molecular flexibility index (Phi) is 2.59. The van der Waals surface area contributed by atoms with Crippen LogP contribution in [0, 0.1) is 6.92 Å². The molecule has 0 radical (unpaired) electrons. The van der Waals surface area contributed by atoms with Crippen LogP contribution in [0.2, 0.25) is 0 Å². The van der Waals surface area contributed by atoms with Gasteiger partial charge in [-0.15, -0.1) is 0 Å². The molecule has 0 amide bonds. The summed E-state index contributed by atoms with van der Waals surface area (Å²) in [5.74, 6) is 0.541. The van der Waals surface area contributed by atoms with Gasteiger partial charge in [0, 0.05) is 11.8 Å². The van der Waals surface area contributed by atoms with E-state index in [4.69, 9.17) is 5.73 Å². The minimum Gasteiger partial charge on any atom is -0.369 e. The fourth-order valence-electron chi connectivity index (χ4n) is 1.39. The van der Waals surface area contributed by atoms with E-state index in [1.54, 1.807) is 0 Å². The average molecular weight is 216 g/mol. The molecular formula is C11H12N4O. The normalized spacial score (nSPS) is 10.1. The Labute approximate surface area is 92.3 Å². The van der Waals surface area contributed by atoms with Crippen LogP contribution in [-0.2, 0) is 0 Å². The van der Waals surface area contributed by atoms with Gasteiger partial charge in [0.25, 0.3) is 5.56 Å². The van der Waals surface area contributed by atoms with Gasteiger partial charge in [-0.2, -0.15) is 4.98 Å². The van der Waals surface area contributed by atoms with Crippen molar-refractivity contribution in [2.75, 3.05) is 11.1 Å². The lowest BCUT2D eigenvalue weighted by atomic mass is 10.2. The molecule has 0 aliphatic carbocycles. The van der Waals surface area contributed by atoms with Crippen LogP contribution in [-0.4, -0.2) is 9.97 Å². The largest absolute Gasteiger partial charge is 0.369 e. The summed E-state index contributed by atoms with van der Waals surface area (Å²) in [6.07, 6.45) is 0. The van der Waals surface area contributed by atoms with Crippen molar-refractivity contribution in [1.82, 2.24) is 9.97 Å². The molecule has 5 heteroatoms. The number of aromatic amines is 1. The van der Waals surface area contributed by atoms with Gasteiger partial charge in [-0.05, 0) is 18.6 Å². The molecule has 0 aliphatic rings. The highest BCUT2D eigenvalue weighted by Crippen LogP contribution is 2.17. The van der Waals surface area contributed by atoms with Crippen molar-refractivity contribution in [2.45, 2.75) is 6.92 Å². The van der Waals surface area contributed by atoms with Gasteiger partial charge in [-0.25, -0.2) is 0 Å². The van der Waals surface area contributed by atoms with Gasteiger partial charge in [0.2, 0.25) is 5.95 Å². The van der Waals surface area contributed by atoms with Crippen molar-refractivity contribution in [3.05, 3.63) is 46.2 Å². The molecule has 4 N–H and O–H groups in total. The molecule has 0 saturated heterocycles. The van der Waals surface area contributed by atoms with Crippen molar-refractivity contribution in [1.29, 1.82) is 0 Å². The molecule has 5 nitrogen and oxygen atoms in total. The number of nitrogen functional groups attached to an aromatic ring is 1. The molecule has 0 atom stereocenters. The van der Waals surface area contributed by atoms with E-state index in [9.17, 15) is 4.79 Å². The molecule has 0 aliphatic heterocycles. The molecule has 0 unspecified atom stereocenters. The number of hydrogen-bond acceptors (Lipinski definition) is 4. The smallest absolute Gasteiger partial charge is 0.254 e. The maximum absolute atomic E-state index is 11.2. The lowest BCUT2D eigenvalue weighted by Gasteiger charge is -2.08. The molecule has 2 aromatic rings. The number of hydrogen-bond donors (Lipinski definition) is 3. The molecule has 0 spiro atoms. The Hall–Kier alpha value is -2.30. The standard InChI is InChI=1S/C11H12N4O/c1-7-4-2-3-5-8(7)13-9-6-10(16)15-11(12)14-9/h2-6H,1H3,(H4,12,13,14,15,16). The van der Waals surface area contributed by atoms with Crippen LogP contribution in [0.25, 0.3) is 0 Å². The molecule has 2 rings (SSSR count). The van der Waals surface area contributed by atoms with Crippen LogP contribution in [0.4, 0.5) is 17.5 Å². The number of para-hydroxylation sites is 1. The van der Waals surface area contributed by atoms with Crippen molar-refractivity contribution in [3.8, 4) is 0 Å². The third kappa shape index (κ3) is 2.20. The maximum Gasteiger partial charge on any atom is 0.254 e. The Morgan fingerprint density at radius 1 is 1.38 bits per heavy atom. The molecule has 82 valence electrons. The topological polar surface area (TPSA) is 83.8 Å². The Morgan fingerprint density at radius 2 is 2.12 bits per heavy atom. The summed E-state index contributed by atoms with van der Waals surface area (Å²) in [6, 6.07) is 9.10. The number of nitrogens with two attached hydrogens (primary N) is 1. The Morgan fingerprint density at radius 3 is 2.81 bits per heavy atom. The molecular weight excluding hydrogens is 204 g/mol. The molecule has 0 saturated carbocycles. The number of H-pyrrole nitrogens is 1. The van der Waals surface area contributed by atoms with Crippen LogP contribution in [0.1, 0.15) is 5.56 Å². The summed E-state index contributed by atoms with van der Waals surface area (Å²) in [7, 11) is 0. The minimum absolute atomic E-state index is 0.101. The zero-order valence-electron chi connectivity index (χ0n) is 8.82. The summed E-state index contributed by atoms with van der Waals surface area (Å²) in [4.78, 5) is 17.5. The average Bonchev–Trinajstić information content (AvgIpc) is 2.20. The summed E-state index contributed by atoms with van der Waals surface area (Å²) in [5.41, 5.74) is 7.15. The zero-order valence-corrected chi connectivity index (χ0v) is 8.82. The highest BCUT2D eigenvalue weighted by Gasteiger charge is 2.00. The minimum atomic E-state index is -0.274. The van der Waals surface area contributed by atoms with Crippen molar-refractivity contribution < 1.29 is 0 Å². The van der Waals surface area contributed by atoms with E-state index in [0.717, 1.165) is 11.3 Å². The van der Waals surface area contributed by atoms with Crippen LogP contribution in [0.3, 0.4) is 0 Å². The van der Waals surface area contributed by atoms with Gasteiger partial charge >= 0.3 is 0 Å². The number of aryl methyl sites for hydroxylation is 1. The third-order valence-electron chi connectivity index (χ3n) is 2.17. The first-order valence-corrected chi connectivity index (χ1v) is 4.84. The lowest BCUT2D eigenvalue weighted by molar-refractivity contribution is 1.14. The highest BCUT2D eigenvalue weighted by molar-refractivity contribution is 5.60. The molecule has 0 fully saturated rings. The van der Waals surface area contributed by atoms with Gasteiger partial charge in [0.15, 0.2) is 0 Å². The zero-order chi connectivity index (χ0) is 11.5. The highest BCUT2D eigenvalue weighted by atomic mass is 16.1. The summed E-state index contributed by atoms with van der Waals surface area (Å²) < 4.78 is 0. The maximum atomic E-state index is 11.2. The predicted molar refractivity (Wildman–Crippen MR) is 63.7 cm³/mol. The second-order valence-corrected chi connectivity index (χ2v) is 3.46. The monoisotopic (exact) mass is 216 g/mol. The van der Waals surface area contributed by atoms with E-state index in [2.05, 4.69) is 15.3 Å². The second kappa shape index (κ2) is 4.06. The first kappa shape index (κ1) is 10.2. The first-order valence-electron chi connectivity index (χ1n) is 4.84. The second-order valence-electron chi connectivity index (χ2n) is 3.46. The molecule has 1 heterocycles. The predicted octanol–water partition coefficient (Wildman–Crippen LogP) is 1.40. The number of nitrogens with zero attached hydrogens (tertiary/aromatic N) is 1. The molecule has 1 aromatic heterocycles. The SMILES string of the molecule is Cc1ccccc1Nc1cc(=O)[nH]c(N)n1. The van der Waals surface area contributed by atoms with Crippen LogP contribution >= 0.6 is 0 Å². The Balaban J connectivity index is 2.34. The third-order valence-corrected chi connectivity index (χ3v) is 2.17. The number of aromatic nitrogens is 2. The van der Waals surface area contributed by atoms with Gasteiger partial charge < -0.3 is 11.1 Å². The number of rotatable bonds is 2. The van der Waals surface area contributed by atoms with Crippen molar-refractivity contribution in [3.63, 3.8) is 0 Å². The van der Waals surface area contributed by atoms with Gasteiger partial charge in [0.05, 0.1) is 0 Å². The van der Waals surface area contributed by atoms with Crippen LogP contribution in [0.15, 0.2) is 35.1 Å². The van der Waals surface area contributed by atoms with E-state index in [1.165, 1.54) is 6.07 Å². The first-order chi connectivity index (χ1) is 7.65. The molecule has 16 heavy (non-hydrogen) atoms. The van der Waals surface area contributed by atoms with Gasteiger partial charge in [-0.3, -0.25) is 9.78 Å². The van der Waals surface area contributed by atoms with E-state index in [-0.39, 0.29) is 11.5 Å².